The fourth-order valence-corrected chi connectivity index (χ4v) is 1.85. The minimum Gasteiger partial charge on any atom is -0.481 e. The van der Waals surface area contributed by atoms with Crippen LogP contribution in [-0.2, 0) is 11.3 Å². The molecule has 1 rings (SSSR count). The zero-order valence-corrected chi connectivity index (χ0v) is 12.4. The average Bonchev–Trinajstić information content (AvgIpc) is 2.45. The minimum absolute atomic E-state index is 0.116. The van der Waals surface area contributed by atoms with Gasteiger partial charge in [-0.2, -0.15) is 0 Å². The van der Waals surface area contributed by atoms with E-state index in [1.807, 2.05) is 20.8 Å². The molecule has 1 amide bonds. The van der Waals surface area contributed by atoms with Crippen LogP contribution < -0.4 is 10.1 Å². The molecule has 0 spiro atoms. The van der Waals surface area contributed by atoms with Gasteiger partial charge in [0, 0.05) is 19.6 Å². The second kappa shape index (κ2) is 8.53. The van der Waals surface area contributed by atoms with Crippen molar-refractivity contribution in [1.29, 1.82) is 0 Å². The lowest BCUT2D eigenvalue weighted by molar-refractivity contribution is -0.133. The number of ether oxygens (including phenoxy) is 1. The van der Waals surface area contributed by atoms with Crippen molar-refractivity contribution in [3.05, 3.63) is 29.6 Å². The molecule has 0 fully saturated rings. The number of hydrogen-bond acceptors (Lipinski definition) is 3. The van der Waals surface area contributed by atoms with Crippen molar-refractivity contribution < 1.29 is 13.9 Å². The van der Waals surface area contributed by atoms with E-state index in [0.717, 1.165) is 12.1 Å². The summed E-state index contributed by atoms with van der Waals surface area (Å²) in [7, 11) is 0. The van der Waals surface area contributed by atoms with Crippen molar-refractivity contribution in [2.24, 2.45) is 0 Å². The highest BCUT2D eigenvalue weighted by molar-refractivity contribution is 5.77. The predicted molar refractivity (Wildman–Crippen MR) is 77.2 cm³/mol. The van der Waals surface area contributed by atoms with Gasteiger partial charge in [0.05, 0.1) is 0 Å². The van der Waals surface area contributed by atoms with Gasteiger partial charge in [-0.1, -0.05) is 13.0 Å². The van der Waals surface area contributed by atoms with Crippen LogP contribution in [0.15, 0.2) is 18.2 Å². The summed E-state index contributed by atoms with van der Waals surface area (Å²) in [4.78, 5) is 13.4. The molecule has 5 heteroatoms. The van der Waals surface area contributed by atoms with E-state index in [-0.39, 0.29) is 18.3 Å². The Morgan fingerprint density at radius 3 is 2.55 bits per heavy atom. The minimum atomic E-state index is -0.437. The zero-order chi connectivity index (χ0) is 15.0. The van der Waals surface area contributed by atoms with Crippen LogP contribution in [0.25, 0.3) is 0 Å². The SMILES string of the molecule is CCNCc1ccc(OCC(=O)N(CC)CC)c(F)c1. The van der Waals surface area contributed by atoms with E-state index in [2.05, 4.69) is 5.32 Å². The normalized spacial score (nSPS) is 10.4. The fraction of sp³-hybridized carbons (Fsp3) is 0.533. The zero-order valence-electron chi connectivity index (χ0n) is 12.4. The van der Waals surface area contributed by atoms with Crippen LogP contribution in [-0.4, -0.2) is 37.0 Å². The molecule has 0 saturated carbocycles. The number of likely N-dealkylation sites (N-methyl/N-ethyl adjacent to an activating group) is 1. The molecule has 1 N–H and O–H groups in total. The Morgan fingerprint density at radius 1 is 1.30 bits per heavy atom. The highest BCUT2D eigenvalue weighted by Crippen LogP contribution is 2.18. The van der Waals surface area contributed by atoms with E-state index >= 15 is 0 Å². The number of halogens is 1. The van der Waals surface area contributed by atoms with E-state index in [1.165, 1.54) is 6.07 Å². The molecule has 0 aromatic heterocycles. The van der Waals surface area contributed by atoms with Crippen molar-refractivity contribution in [1.82, 2.24) is 10.2 Å². The number of nitrogens with one attached hydrogen (secondary N) is 1. The summed E-state index contributed by atoms with van der Waals surface area (Å²) in [5.74, 6) is -0.454. The highest BCUT2D eigenvalue weighted by atomic mass is 19.1. The van der Waals surface area contributed by atoms with Crippen molar-refractivity contribution in [3.63, 3.8) is 0 Å². The van der Waals surface area contributed by atoms with Gasteiger partial charge in [-0.05, 0) is 38.1 Å². The summed E-state index contributed by atoms with van der Waals surface area (Å²) in [5.41, 5.74) is 0.853. The van der Waals surface area contributed by atoms with Crippen molar-refractivity contribution in [3.8, 4) is 5.75 Å². The van der Waals surface area contributed by atoms with E-state index in [9.17, 15) is 9.18 Å². The smallest absolute Gasteiger partial charge is 0.260 e. The van der Waals surface area contributed by atoms with Gasteiger partial charge in [-0.15, -0.1) is 0 Å². The maximum Gasteiger partial charge on any atom is 0.260 e. The van der Waals surface area contributed by atoms with Crippen LogP contribution in [0.1, 0.15) is 26.3 Å². The monoisotopic (exact) mass is 282 g/mol. The lowest BCUT2D eigenvalue weighted by Crippen LogP contribution is -2.34. The van der Waals surface area contributed by atoms with Crippen LogP contribution in [0.3, 0.4) is 0 Å². The number of carbonyl (C=O) groups excluding carboxylic acids is 1. The van der Waals surface area contributed by atoms with Gasteiger partial charge in [-0.25, -0.2) is 4.39 Å². The van der Waals surface area contributed by atoms with Gasteiger partial charge in [0.2, 0.25) is 0 Å². The Kier molecular flexibility index (Phi) is 7.01. The van der Waals surface area contributed by atoms with Crippen LogP contribution in [0.4, 0.5) is 4.39 Å². The Hall–Kier alpha value is -1.62. The molecular formula is C15H23FN2O2. The molecule has 0 heterocycles. The second-order valence-electron chi connectivity index (χ2n) is 4.40. The topological polar surface area (TPSA) is 41.6 Å². The van der Waals surface area contributed by atoms with E-state index < -0.39 is 5.82 Å². The van der Waals surface area contributed by atoms with Crippen LogP contribution in [0.5, 0.6) is 5.75 Å². The number of carbonyl (C=O) groups is 1. The van der Waals surface area contributed by atoms with Crippen molar-refractivity contribution in [2.45, 2.75) is 27.3 Å². The number of benzene rings is 1. The lowest BCUT2D eigenvalue weighted by atomic mass is 10.2. The fourth-order valence-electron chi connectivity index (χ4n) is 1.85. The molecule has 0 radical (unpaired) electrons. The third kappa shape index (κ3) is 4.81. The standard InChI is InChI=1S/C15H23FN2O2/c1-4-17-10-12-7-8-14(13(16)9-12)20-11-15(19)18(5-2)6-3/h7-9,17H,4-6,10-11H2,1-3H3. The third-order valence-corrected chi connectivity index (χ3v) is 3.04. The van der Waals surface area contributed by atoms with Crippen molar-refractivity contribution >= 4 is 5.91 Å². The summed E-state index contributed by atoms with van der Waals surface area (Å²) in [6.07, 6.45) is 0. The maximum absolute atomic E-state index is 13.8. The molecule has 0 saturated heterocycles. The Bertz CT molecular complexity index is 434. The van der Waals surface area contributed by atoms with Crippen LogP contribution >= 0.6 is 0 Å². The maximum atomic E-state index is 13.8. The van der Waals surface area contributed by atoms with Crippen LogP contribution in [0, 0.1) is 5.82 Å². The third-order valence-electron chi connectivity index (χ3n) is 3.04. The van der Waals surface area contributed by atoms with Gasteiger partial charge >= 0.3 is 0 Å². The summed E-state index contributed by atoms with van der Waals surface area (Å²) >= 11 is 0. The number of rotatable bonds is 8. The van der Waals surface area contributed by atoms with E-state index in [1.54, 1.807) is 17.0 Å². The van der Waals surface area contributed by atoms with Gasteiger partial charge < -0.3 is 15.0 Å². The molecule has 0 unspecified atom stereocenters. The number of hydrogen-bond donors (Lipinski definition) is 1. The van der Waals surface area contributed by atoms with Gasteiger partial charge in [0.25, 0.3) is 5.91 Å². The number of amides is 1. The van der Waals surface area contributed by atoms with Gasteiger partial charge in [0.1, 0.15) is 0 Å². The Morgan fingerprint density at radius 2 is 2.00 bits per heavy atom. The first-order chi connectivity index (χ1) is 9.62. The molecule has 112 valence electrons. The first-order valence-corrected chi connectivity index (χ1v) is 7.02. The largest absolute Gasteiger partial charge is 0.481 e. The van der Waals surface area contributed by atoms with Gasteiger partial charge in [0.15, 0.2) is 18.2 Å². The first kappa shape index (κ1) is 16.4. The first-order valence-electron chi connectivity index (χ1n) is 7.02. The predicted octanol–water partition coefficient (Wildman–Crippen LogP) is 2.18. The van der Waals surface area contributed by atoms with Crippen LogP contribution in [0.2, 0.25) is 0 Å². The summed E-state index contributed by atoms with van der Waals surface area (Å²) in [6.45, 7) is 8.36. The molecular weight excluding hydrogens is 259 g/mol. The van der Waals surface area contributed by atoms with E-state index in [0.29, 0.717) is 19.6 Å². The lowest BCUT2D eigenvalue weighted by Gasteiger charge is -2.18. The number of nitrogens with zero attached hydrogens (tertiary/aromatic N) is 1. The molecule has 0 aliphatic carbocycles. The molecule has 4 nitrogen and oxygen atoms in total. The molecule has 1 aromatic carbocycles. The summed E-state index contributed by atoms with van der Waals surface area (Å²) in [5, 5.41) is 3.12. The highest BCUT2D eigenvalue weighted by Gasteiger charge is 2.12. The molecule has 1 aromatic rings. The molecule has 0 aliphatic rings. The Labute approximate surface area is 119 Å². The average molecular weight is 282 g/mol. The van der Waals surface area contributed by atoms with Crippen molar-refractivity contribution in [2.75, 3.05) is 26.2 Å². The molecule has 0 bridgehead atoms. The Balaban J connectivity index is 2.58. The van der Waals surface area contributed by atoms with E-state index in [4.69, 9.17) is 4.74 Å². The molecule has 0 atom stereocenters. The molecule has 20 heavy (non-hydrogen) atoms. The molecule has 0 aliphatic heterocycles. The second-order valence-corrected chi connectivity index (χ2v) is 4.40. The summed E-state index contributed by atoms with van der Waals surface area (Å²) in [6, 6.07) is 4.79. The van der Waals surface area contributed by atoms with Gasteiger partial charge in [-0.3, -0.25) is 4.79 Å². The quantitative estimate of drug-likeness (QED) is 0.794. The summed E-state index contributed by atoms with van der Waals surface area (Å²) < 4.78 is 19.1.